The van der Waals surface area contributed by atoms with Crippen LogP contribution in [0.5, 0.6) is 11.5 Å². The van der Waals surface area contributed by atoms with Crippen molar-refractivity contribution in [3.05, 3.63) is 75.8 Å². The molecule has 6 nitrogen and oxygen atoms in total. The van der Waals surface area contributed by atoms with Crippen LogP contribution in [-0.2, 0) is 0 Å². The minimum atomic E-state index is -0.604. The minimum Gasteiger partial charge on any atom is -0.507 e. The first-order valence-electron chi connectivity index (χ1n) is 6.72. The first-order valence-corrected chi connectivity index (χ1v) is 6.72. The van der Waals surface area contributed by atoms with Crippen molar-refractivity contribution in [1.82, 2.24) is 0 Å². The van der Waals surface area contributed by atoms with Crippen molar-refractivity contribution < 1.29 is 19.9 Å². The number of carbonyl (C=O) groups is 1. The lowest BCUT2D eigenvalue weighted by atomic mass is 9.97. The van der Waals surface area contributed by atoms with Gasteiger partial charge in [-0.25, -0.2) is 0 Å². The molecule has 0 unspecified atom stereocenters. The van der Waals surface area contributed by atoms with Gasteiger partial charge >= 0.3 is 0 Å². The van der Waals surface area contributed by atoms with Crippen LogP contribution in [0.1, 0.15) is 15.9 Å². The first kappa shape index (κ1) is 14.5. The van der Waals surface area contributed by atoms with Crippen molar-refractivity contribution in [2.24, 2.45) is 0 Å². The highest BCUT2D eigenvalue weighted by Gasteiger charge is 2.20. The van der Waals surface area contributed by atoms with E-state index in [2.05, 4.69) is 0 Å². The molecule has 0 atom stereocenters. The Morgan fingerprint density at radius 1 is 0.957 bits per heavy atom. The molecule has 114 valence electrons. The van der Waals surface area contributed by atoms with E-state index in [0.717, 1.165) is 6.07 Å². The SMILES string of the molecule is O=C(c1cccc([N+](=O)[O-])c1)c1cc(O)c2ccccc2c1O. The molecule has 3 aromatic carbocycles. The van der Waals surface area contributed by atoms with E-state index >= 15 is 0 Å². The maximum atomic E-state index is 12.5. The van der Waals surface area contributed by atoms with E-state index in [1.54, 1.807) is 24.3 Å². The van der Waals surface area contributed by atoms with Crippen LogP contribution >= 0.6 is 0 Å². The van der Waals surface area contributed by atoms with Gasteiger partial charge in [0.05, 0.1) is 10.5 Å². The maximum Gasteiger partial charge on any atom is 0.270 e. The number of non-ortho nitro benzene ring substituents is 1. The number of aromatic hydroxyl groups is 2. The predicted octanol–water partition coefficient (Wildman–Crippen LogP) is 3.39. The van der Waals surface area contributed by atoms with Crippen molar-refractivity contribution in [3.8, 4) is 11.5 Å². The normalized spacial score (nSPS) is 10.6. The van der Waals surface area contributed by atoms with E-state index in [1.807, 2.05) is 0 Å². The summed E-state index contributed by atoms with van der Waals surface area (Å²) in [6.45, 7) is 0. The van der Waals surface area contributed by atoms with E-state index in [-0.39, 0.29) is 28.3 Å². The highest BCUT2D eigenvalue weighted by atomic mass is 16.6. The Morgan fingerprint density at radius 3 is 2.35 bits per heavy atom. The van der Waals surface area contributed by atoms with Crippen molar-refractivity contribution in [2.75, 3.05) is 0 Å². The van der Waals surface area contributed by atoms with E-state index < -0.39 is 10.7 Å². The fourth-order valence-electron chi connectivity index (χ4n) is 2.43. The zero-order valence-corrected chi connectivity index (χ0v) is 11.8. The number of carbonyl (C=O) groups excluding carboxylic acids is 1. The lowest BCUT2D eigenvalue weighted by Crippen LogP contribution is -2.03. The highest BCUT2D eigenvalue weighted by molar-refractivity contribution is 6.14. The molecule has 3 rings (SSSR count). The van der Waals surface area contributed by atoms with Crippen LogP contribution in [0.4, 0.5) is 5.69 Å². The van der Waals surface area contributed by atoms with E-state index in [4.69, 9.17) is 0 Å². The Balaban J connectivity index is 2.17. The number of fused-ring (bicyclic) bond motifs is 1. The second-order valence-electron chi connectivity index (χ2n) is 4.97. The fraction of sp³-hybridized carbons (Fsp3) is 0. The Morgan fingerprint density at radius 2 is 1.65 bits per heavy atom. The van der Waals surface area contributed by atoms with Crippen LogP contribution in [0.15, 0.2) is 54.6 Å². The Hall–Kier alpha value is -3.41. The molecule has 0 radical (unpaired) electrons. The van der Waals surface area contributed by atoms with Gasteiger partial charge in [-0.2, -0.15) is 0 Å². The largest absolute Gasteiger partial charge is 0.507 e. The smallest absolute Gasteiger partial charge is 0.270 e. The van der Waals surface area contributed by atoms with Crippen LogP contribution in [0, 0.1) is 10.1 Å². The van der Waals surface area contributed by atoms with Gasteiger partial charge in [0, 0.05) is 28.5 Å². The second kappa shape index (κ2) is 5.42. The van der Waals surface area contributed by atoms with Gasteiger partial charge < -0.3 is 10.2 Å². The van der Waals surface area contributed by atoms with Crippen molar-refractivity contribution in [3.63, 3.8) is 0 Å². The van der Waals surface area contributed by atoms with Gasteiger partial charge in [0.1, 0.15) is 11.5 Å². The lowest BCUT2D eigenvalue weighted by Gasteiger charge is -2.09. The summed E-state index contributed by atoms with van der Waals surface area (Å²) >= 11 is 0. The predicted molar refractivity (Wildman–Crippen MR) is 83.8 cm³/mol. The van der Waals surface area contributed by atoms with Gasteiger partial charge in [0.15, 0.2) is 5.78 Å². The van der Waals surface area contributed by atoms with Crippen LogP contribution in [-0.4, -0.2) is 20.9 Å². The molecule has 3 aromatic rings. The summed E-state index contributed by atoms with van der Waals surface area (Å²) in [6, 6.07) is 12.9. The zero-order chi connectivity index (χ0) is 16.6. The molecule has 0 saturated carbocycles. The third-order valence-electron chi connectivity index (χ3n) is 3.56. The summed E-state index contributed by atoms with van der Waals surface area (Å²) in [5.74, 6) is -1.02. The number of benzene rings is 3. The molecule has 0 aromatic heterocycles. The Labute approximate surface area is 130 Å². The van der Waals surface area contributed by atoms with Gasteiger partial charge in [-0.15, -0.1) is 0 Å². The molecule has 0 spiro atoms. The van der Waals surface area contributed by atoms with Gasteiger partial charge in [0.25, 0.3) is 5.69 Å². The Kier molecular flexibility index (Phi) is 3.42. The highest BCUT2D eigenvalue weighted by Crippen LogP contribution is 2.36. The van der Waals surface area contributed by atoms with Crippen LogP contribution in [0.3, 0.4) is 0 Å². The molecule has 0 saturated heterocycles. The molecule has 0 bridgehead atoms. The standard InChI is InChI=1S/C17H11NO5/c19-15-9-14(17(21)13-7-2-1-6-12(13)15)16(20)10-4-3-5-11(8-10)18(22)23/h1-9,19,21H. The number of nitrogens with zero attached hydrogens (tertiary/aromatic N) is 1. The molecule has 23 heavy (non-hydrogen) atoms. The minimum absolute atomic E-state index is 0.0594. The number of rotatable bonds is 3. The second-order valence-corrected chi connectivity index (χ2v) is 4.97. The average Bonchev–Trinajstić information content (AvgIpc) is 2.57. The van der Waals surface area contributed by atoms with Crippen molar-refractivity contribution in [1.29, 1.82) is 0 Å². The number of phenols is 2. The topological polar surface area (TPSA) is 101 Å². The lowest BCUT2D eigenvalue weighted by molar-refractivity contribution is -0.384. The fourth-order valence-corrected chi connectivity index (χ4v) is 2.43. The number of phenolic OH excluding ortho intramolecular Hbond substituents is 2. The molecule has 2 N–H and O–H groups in total. The van der Waals surface area contributed by atoms with Crippen LogP contribution in [0.25, 0.3) is 10.8 Å². The Bertz CT molecular complexity index is 949. The van der Waals surface area contributed by atoms with Gasteiger partial charge in [-0.3, -0.25) is 14.9 Å². The molecule has 0 aliphatic carbocycles. The first-order chi connectivity index (χ1) is 11.0. The van der Waals surface area contributed by atoms with Crippen LogP contribution < -0.4 is 0 Å². The summed E-state index contributed by atoms with van der Waals surface area (Å²) in [7, 11) is 0. The third-order valence-corrected chi connectivity index (χ3v) is 3.56. The summed E-state index contributed by atoms with van der Waals surface area (Å²) in [6.07, 6.45) is 0. The van der Waals surface area contributed by atoms with Crippen molar-refractivity contribution in [2.45, 2.75) is 0 Å². The quantitative estimate of drug-likeness (QED) is 0.334. The molecule has 0 aliphatic rings. The average molecular weight is 309 g/mol. The summed E-state index contributed by atoms with van der Waals surface area (Å²) in [5, 5.41) is 31.9. The van der Waals surface area contributed by atoms with Crippen molar-refractivity contribution >= 4 is 22.2 Å². The number of hydrogen-bond acceptors (Lipinski definition) is 5. The maximum absolute atomic E-state index is 12.5. The van der Waals surface area contributed by atoms with Gasteiger partial charge in [-0.1, -0.05) is 36.4 Å². The molecule has 6 heteroatoms. The number of nitro groups is 1. The monoisotopic (exact) mass is 309 g/mol. The molecule has 0 aliphatic heterocycles. The van der Waals surface area contributed by atoms with E-state index in [0.29, 0.717) is 10.8 Å². The summed E-state index contributed by atoms with van der Waals surface area (Å²) in [5.41, 5.74) is -0.272. The third kappa shape index (κ3) is 2.46. The zero-order valence-electron chi connectivity index (χ0n) is 11.8. The number of nitro benzene ring substituents is 1. The summed E-state index contributed by atoms with van der Waals surface area (Å²) < 4.78 is 0. The molecule has 0 fully saturated rings. The molecular weight excluding hydrogens is 298 g/mol. The molecule has 0 amide bonds. The molecular formula is C17H11NO5. The van der Waals surface area contributed by atoms with Gasteiger partial charge in [-0.05, 0) is 6.07 Å². The molecule has 0 heterocycles. The van der Waals surface area contributed by atoms with Gasteiger partial charge in [0.2, 0.25) is 0 Å². The number of ketones is 1. The van der Waals surface area contributed by atoms with Crippen LogP contribution in [0.2, 0.25) is 0 Å². The summed E-state index contributed by atoms with van der Waals surface area (Å²) in [4.78, 5) is 22.8. The van der Waals surface area contributed by atoms with E-state index in [9.17, 15) is 25.1 Å². The van der Waals surface area contributed by atoms with E-state index in [1.165, 1.54) is 24.3 Å². The number of hydrogen-bond donors (Lipinski definition) is 2.